The first-order chi connectivity index (χ1) is 9.86. The minimum Gasteiger partial charge on any atom is -0.396 e. The van der Waals surface area contributed by atoms with Gasteiger partial charge in [0.15, 0.2) is 0 Å². The number of nitro groups is 1. The molecule has 0 fully saturated rings. The monoisotopic (exact) mass is 324 g/mol. The number of hydrogen-bond donors (Lipinski definition) is 2. The molecule has 0 radical (unpaired) electrons. The summed E-state index contributed by atoms with van der Waals surface area (Å²) >= 11 is 1.51. The number of anilines is 1. The van der Waals surface area contributed by atoms with Crippen molar-refractivity contribution in [2.75, 3.05) is 30.0 Å². The number of nitrogens with zero attached hydrogens (tertiary/aromatic N) is 1. The van der Waals surface area contributed by atoms with Crippen molar-refractivity contribution in [1.29, 1.82) is 0 Å². The molecule has 0 saturated carbocycles. The molecular formula is C12H15F3N2O3S. The van der Waals surface area contributed by atoms with Crippen LogP contribution in [0.1, 0.15) is 12.0 Å². The van der Waals surface area contributed by atoms with Crippen LogP contribution in [0.2, 0.25) is 0 Å². The average molecular weight is 324 g/mol. The van der Waals surface area contributed by atoms with Crippen LogP contribution in [0.5, 0.6) is 0 Å². The average Bonchev–Trinajstić information content (AvgIpc) is 2.41. The highest BCUT2D eigenvalue weighted by Crippen LogP contribution is 2.37. The highest BCUT2D eigenvalue weighted by Gasteiger charge is 2.35. The van der Waals surface area contributed by atoms with Crippen LogP contribution in [0.15, 0.2) is 18.2 Å². The quantitative estimate of drug-likeness (QED) is 0.436. The standard InChI is InChI=1S/C12H15F3N2O3S/c13-12(14,15)10-8-9(17(19)20)2-3-11(10)16-4-7-21-6-1-5-18/h2-3,8,16,18H,1,4-7H2. The summed E-state index contributed by atoms with van der Waals surface area (Å²) in [6, 6.07) is 2.64. The Morgan fingerprint density at radius 1 is 1.33 bits per heavy atom. The lowest BCUT2D eigenvalue weighted by Gasteiger charge is -2.14. The van der Waals surface area contributed by atoms with Crippen LogP contribution in [0, 0.1) is 10.1 Å². The van der Waals surface area contributed by atoms with Gasteiger partial charge >= 0.3 is 6.18 Å². The molecule has 1 rings (SSSR count). The summed E-state index contributed by atoms with van der Waals surface area (Å²) in [5, 5.41) is 21.8. The van der Waals surface area contributed by atoms with Crippen molar-refractivity contribution >= 4 is 23.1 Å². The van der Waals surface area contributed by atoms with Crippen molar-refractivity contribution in [2.24, 2.45) is 0 Å². The number of nitrogens with one attached hydrogen (secondary N) is 1. The molecule has 0 aliphatic rings. The molecule has 0 aliphatic heterocycles. The van der Waals surface area contributed by atoms with Gasteiger partial charge in [-0.25, -0.2) is 0 Å². The highest BCUT2D eigenvalue weighted by atomic mass is 32.2. The Bertz CT molecular complexity index is 483. The van der Waals surface area contributed by atoms with Gasteiger partial charge in [-0.05, 0) is 18.2 Å². The van der Waals surface area contributed by atoms with E-state index < -0.39 is 22.4 Å². The van der Waals surface area contributed by atoms with Crippen LogP contribution < -0.4 is 5.32 Å². The van der Waals surface area contributed by atoms with E-state index in [0.717, 1.165) is 17.9 Å². The van der Waals surface area contributed by atoms with Gasteiger partial charge in [-0.15, -0.1) is 0 Å². The first-order valence-electron chi connectivity index (χ1n) is 6.14. The van der Waals surface area contributed by atoms with Crippen LogP contribution in [-0.2, 0) is 6.18 Å². The molecule has 0 bridgehead atoms. The second kappa shape index (κ2) is 8.08. The van der Waals surface area contributed by atoms with Gasteiger partial charge in [-0.1, -0.05) is 0 Å². The zero-order valence-electron chi connectivity index (χ0n) is 11.0. The molecule has 0 unspecified atom stereocenters. The Hall–Kier alpha value is -1.48. The molecule has 0 amide bonds. The van der Waals surface area contributed by atoms with E-state index in [1.807, 2.05) is 0 Å². The lowest BCUT2D eigenvalue weighted by Crippen LogP contribution is -2.13. The van der Waals surface area contributed by atoms with Crippen molar-refractivity contribution in [2.45, 2.75) is 12.6 Å². The summed E-state index contributed by atoms with van der Waals surface area (Å²) < 4.78 is 38.6. The minimum absolute atomic E-state index is 0.0843. The number of benzene rings is 1. The van der Waals surface area contributed by atoms with Crippen molar-refractivity contribution in [3.8, 4) is 0 Å². The summed E-state index contributed by atoms with van der Waals surface area (Å²) in [6.07, 6.45) is -4.02. The zero-order valence-corrected chi connectivity index (χ0v) is 11.8. The van der Waals surface area contributed by atoms with Crippen LogP contribution >= 0.6 is 11.8 Å². The number of hydrogen-bond acceptors (Lipinski definition) is 5. The highest BCUT2D eigenvalue weighted by molar-refractivity contribution is 7.99. The van der Waals surface area contributed by atoms with Crippen molar-refractivity contribution < 1.29 is 23.2 Å². The maximum Gasteiger partial charge on any atom is 0.418 e. The smallest absolute Gasteiger partial charge is 0.396 e. The van der Waals surface area contributed by atoms with Crippen LogP contribution in [0.3, 0.4) is 0 Å². The predicted molar refractivity (Wildman–Crippen MR) is 75.6 cm³/mol. The first kappa shape index (κ1) is 17.6. The van der Waals surface area contributed by atoms with E-state index in [1.165, 1.54) is 11.8 Å². The van der Waals surface area contributed by atoms with E-state index in [2.05, 4.69) is 5.32 Å². The van der Waals surface area contributed by atoms with Crippen molar-refractivity contribution in [1.82, 2.24) is 0 Å². The Kier molecular flexibility index (Phi) is 6.76. The van der Waals surface area contributed by atoms with Crippen molar-refractivity contribution in [3.63, 3.8) is 0 Å². The lowest BCUT2D eigenvalue weighted by molar-refractivity contribution is -0.385. The molecule has 9 heteroatoms. The molecule has 2 N–H and O–H groups in total. The molecule has 1 aromatic rings. The third-order valence-electron chi connectivity index (χ3n) is 2.53. The third-order valence-corrected chi connectivity index (χ3v) is 3.60. The van der Waals surface area contributed by atoms with Gasteiger partial charge in [0.25, 0.3) is 5.69 Å². The third kappa shape index (κ3) is 5.80. The summed E-state index contributed by atoms with van der Waals surface area (Å²) in [7, 11) is 0. The Morgan fingerprint density at radius 2 is 2.05 bits per heavy atom. The van der Waals surface area contributed by atoms with Crippen LogP contribution in [0.4, 0.5) is 24.5 Å². The number of halogens is 3. The molecule has 21 heavy (non-hydrogen) atoms. The van der Waals surface area contributed by atoms with Gasteiger partial charge in [0.05, 0.1) is 10.5 Å². The summed E-state index contributed by atoms with van der Waals surface area (Å²) in [5.74, 6) is 1.30. The number of nitro benzene ring substituents is 1. The largest absolute Gasteiger partial charge is 0.418 e. The van der Waals surface area contributed by atoms with E-state index in [0.29, 0.717) is 24.8 Å². The fourth-order valence-electron chi connectivity index (χ4n) is 1.56. The molecule has 5 nitrogen and oxygen atoms in total. The predicted octanol–water partition coefficient (Wildman–Crippen LogP) is 3.14. The van der Waals surface area contributed by atoms with E-state index in [1.54, 1.807) is 0 Å². The van der Waals surface area contributed by atoms with E-state index in [9.17, 15) is 23.3 Å². The van der Waals surface area contributed by atoms with Gasteiger partial charge in [0.2, 0.25) is 0 Å². The SMILES string of the molecule is O=[N+]([O-])c1ccc(NCCSCCCO)c(C(F)(F)F)c1. The number of aliphatic hydroxyl groups excluding tert-OH is 1. The molecule has 1 aromatic carbocycles. The Labute approximate surface area is 123 Å². The number of non-ortho nitro benzene ring substituents is 1. The van der Waals surface area contributed by atoms with E-state index >= 15 is 0 Å². The van der Waals surface area contributed by atoms with Crippen LogP contribution in [-0.4, -0.2) is 34.7 Å². The molecule has 118 valence electrons. The summed E-state index contributed by atoms with van der Waals surface area (Å²) in [6.45, 7) is 0.387. The summed E-state index contributed by atoms with van der Waals surface area (Å²) in [4.78, 5) is 9.69. The van der Waals surface area contributed by atoms with Gasteiger partial charge in [-0.2, -0.15) is 24.9 Å². The maximum absolute atomic E-state index is 12.9. The molecule has 0 aliphatic carbocycles. The Morgan fingerprint density at radius 3 is 2.62 bits per heavy atom. The van der Waals surface area contributed by atoms with E-state index in [-0.39, 0.29) is 12.3 Å². The zero-order chi connectivity index (χ0) is 15.9. The molecular weight excluding hydrogens is 309 g/mol. The number of alkyl halides is 3. The maximum atomic E-state index is 12.9. The second-order valence-electron chi connectivity index (χ2n) is 4.10. The lowest BCUT2D eigenvalue weighted by atomic mass is 10.1. The number of thioether (sulfide) groups is 1. The molecule has 0 spiro atoms. The first-order valence-corrected chi connectivity index (χ1v) is 7.30. The molecule has 0 saturated heterocycles. The summed E-state index contributed by atoms with van der Waals surface area (Å²) in [5.41, 5.74) is -1.81. The molecule has 0 aromatic heterocycles. The topological polar surface area (TPSA) is 75.4 Å². The normalized spacial score (nSPS) is 11.4. The van der Waals surface area contributed by atoms with Crippen LogP contribution in [0.25, 0.3) is 0 Å². The fraction of sp³-hybridized carbons (Fsp3) is 0.500. The molecule has 0 heterocycles. The van der Waals surface area contributed by atoms with Gasteiger partial charge in [0.1, 0.15) is 0 Å². The number of rotatable bonds is 8. The van der Waals surface area contributed by atoms with Gasteiger partial charge in [0, 0.05) is 36.7 Å². The number of aliphatic hydroxyl groups is 1. The van der Waals surface area contributed by atoms with Crippen molar-refractivity contribution in [3.05, 3.63) is 33.9 Å². The fourth-order valence-corrected chi connectivity index (χ4v) is 2.34. The minimum atomic E-state index is -4.65. The second-order valence-corrected chi connectivity index (χ2v) is 5.33. The van der Waals surface area contributed by atoms with Gasteiger partial charge < -0.3 is 10.4 Å². The Balaban J connectivity index is 2.70. The van der Waals surface area contributed by atoms with Gasteiger partial charge in [-0.3, -0.25) is 10.1 Å². The van der Waals surface area contributed by atoms with E-state index in [4.69, 9.17) is 5.11 Å². The molecule has 0 atom stereocenters.